The van der Waals surface area contributed by atoms with Gasteiger partial charge < -0.3 is 15.0 Å². The lowest BCUT2D eigenvalue weighted by Gasteiger charge is -2.39. The van der Waals surface area contributed by atoms with Crippen LogP contribution in [-0.4, -0.2) is 44.1 Å². The largest absolute Gasteiger partial charge is 0.497 e. The van der Waals surface area contributed by atoms with Gasteiger partial charge in [-0.3, -0.25) is 9.69 Å². The van der Waals surface area contributed by atoms with E-state index in [1.807, 2.05) is 73.7 Å². The number of benzene rings is 3. The van der Waals surface area contributed by atoms with E-state index in [0.29, 0.717) is 0 Å². The van der Waals surface area contributed by atoms with Crippen LogP contribution >= 0.6 is 0 Å². The van der Waals surface area contributed by atoms with Crippen LogP contribution in [0.3, 0.4) is 0 Å². The summed E-state index contributed by atoms with van der Waals surface area (Å²) in [5.74, 6) is 0.868. The van der Waals surface area contributed by atoms with E-state index in [2.05, 4.69) is 27.2 Å². The summed E-state index contributed by atoms with van der Waals surface area (Å²) in [5, 5.41) is 3.11. The third kappa shape index (κ3) is 5.06. The maximum atomic E-state index is 13.3. The van der Waals surface area contributed by atoms with Crippen LogP contribution in [0.15, 0.2) is 78.9 Å². The molecule has 4 rings (SSSR count). The van der Waals surface area contributed by atoms with Crippen molar-refractivity contribution in [2.75, 3.05) is 43.5 Å². The number of nitrogens with zero attached hydrogens (tertiary/aromatic N) is 2. The Morgan fingerprint density at radius 1 is 0.871 bits per heavy atom. The van der Waals surface area contributed by atoms with Crippen LogP contribution < -0.4 is 15.0 Å². The number of methoxy groups -OCH3 is 1. The number of rotatable bonds is 6. The molecule has 1 N–H and O–H groups in total. The van der Waals surface area contributed by atoms with Crippen molar-refractivity contribution in [1.29, 1.82) is 0 Å². The average Bonchev–Trinajstić information content (AvgIpc) is 2.82. The summed E-state index contributed by atoms with van der Waals surface area (Å²) in [6, 6.07) is 25.8. The van der Waals surface area contributed by atoms with Gasteiger partial charge in [-0.2, -0.15) is 0 Å². The van der Waals surface area contributed by atoms with Crippen molar-refractivity contribution in [1.82, 2.24) is 4.90 Å². The molecular formula is C26H29N3O2. The van der Waals surface area contributed by atoms with E-state index < -0.39 is 0 Å². The molecule has 0 spiro atoms. The molecule has 160 valence electrons. The van der Waals surface area contributed by atoms with Crippen molar-refractivity contribution < 1.29 is 9.53 Å². The highest BCUT2D eigenvalue weighted by molar-refractivity contribution is 5.95. The maximum absolute atomic E-state index is 13.3. The monoisotopic (exact) mass is 415 g/mol. The predicted octanol–water partition coefficient (Wildman–Crippen LogP) is 4.51. The number of ether oxygens (including phenoxy) is 1. The Hall–Kier alpha value is -3.31. The average molecular weight is 416 g/mol. The van der Waals surface area contributed by atoms with Gasteiger partial charge in [0.2, 0.25) is 5.91 Å². The van der Waals surface area contributed by atoms with Crippen molar-refractivity contribution in [3.63, 3.8) is 0 Å². The number of piperazine rings is 1. The lowest BCUT2D eigenvalue weighted by molar-refractivity contribution is -0.121. The molecule has 0 saturated carbocycles. The molecule has 5 nitrogen and oxygen atoms in total. The van der Waals surface area contributed by atoms with E-state index in [1.165, 1.54) is 11.3 Å². The second kappa shape index (κ2) is 9.67. The fraction of sp³-hybridized carbons (Fsp3) is 0.269. The van der Waals surface area contributed by atoms with Crippen molar-refractivity contribution in [2.24, 2.45) is 0 Å². The first kappa shape index (κ1) is 20.9. The van der Waals surface area contributed by atoms with E-state index in [0.717, 1.165) is 43.2 Å². The number of carbonyl (C=O) groups is 1. The van der Waals surface area contributed by atoms with E-state index in [4.69, 9.17) is 4.74 Å². The van der Waals surface area contributed by atoms with Crippen molar-refractivity contribution in [3.05, 3.63) is 90.0 Å². The normalized spacial score (nSPS) is 15.4. The maximum Gasteiger partial charge on any atom is 0.246 e. The molecule has 1 atom stereocenters. The smallest absolute Gasteiger partial charge is 0.246 e. The number of hydrogen-bond donors (Lipinski definition) is 1. The molecule has 3 aromatic carbocycles. The lowest BCUT2D eigenvalue weighted by atomic mass is 10.0. The van der Waals surface area contributed by atoms with Crippen LogP contribution in [0, 0.1) is 6.92 Å². The van der Waals surface area contributed by atoms with Crippen LogP contribution in [-0.2, 0) is 4.79 Å². The molecule has 1 unspecified atom stereocenters. The third-order valence-corrected chi connectivity index (χ3v) is 5.80. The fourth-order valence-electron chi connectivity index (χ4n) is 4.04. The highest BCUT2D eigenvalue weighted by Gasteiger charge is 2.30. The molecule has 1 aliphatic heterocycles. The van der Waals surface area contributed by atoms with Crippen molar-refractivity contribution in [3.8, 4) is 5.75 Å². The van der Waals surface area contributed by atoms with Gasteiger partial charge in [0, 0.05) is 37.6 Å². The van der Waals surface area contributed by atoms with Gasteiger partial charge in [-0.05, 0) is 48.9 Å². The molecule has 0 aliphatic carbocycles. The number of hydrogen-bond acceptors (Lipinski definition) is 4. The number of nitrogens with one attached hydrogen (secondary N) is 1. The Labute approximate surface area is 184 Å². The van der Waals surface area contributed by atoms with Gasteiger partial charge >= 0.3 is 0 Å². The van der Waals surface area contributed by atoms with Gasteiger partial charge in [-0.15, -0.1) is 0 Å². The van der Waals surface area contributed by atoms with Crippen LogP contribution in [0.5, 0.6) is 5.75 Å². The van der Waals surface area contributed by atoms with Gasteiger partial charge in [0.1, 0.15) is 11.8 Å². The lowest BCUT2D eigenvalue weighted by Crippen LogP contribution is -2.50. The van der Waals surface area contributed by atoms with E-state index in [9.17, 15) is 4.79 Å². The van der Waals surface area contributed by atoms with Gasteiger partial charge in [0.25, 0.3) is 0 Å². The number of aryl methyl sites for hydroxylation is 1. The summed E-state index contributed by atoms with van der Waals surface area (Å²) < 4.78 is 5.26. The Balaban J connectivity index is 1.48. The number of anilines is 2. The molecule has 1 saturated heterocycles. The topological polar surface area (TPSA) is 44.8 Å². The SMILES string of the molecule is COc1ccc(N2CCN(C(C(=O)Nc3ccc(C)cc3)c3ccccc3)CC2)cc1. The molecule has 1 heterocycles. The van der Waals surface area contributed by atoms with Gasteiger partial charge in [0.05, 0.1) is 7.11 Å². The van der Waals surface area contributed by atoms with Gasteiger partial charge in [-0.25, -0.2) is 0 Å². The fourth-order valence-corrected chi connectivity index (χ4v) is 4.04. The first-order valence-corrected chi connectivity index (χ1v) is 10.7. The van der Waals surface area contributed by atoms with E-state index in [-0.39, 0.29) is 11.9 Å². The Bertz CT molecular complexity index is 979. The summed E-state index contributed by atoms with van der Waals surface area (Å²) >= 11 is 0. The van der Waals surface area contributed by atoms with E-state index >= 15 is 0 Å². The van der Waals surface area contributed by atoms with Crippen molar-refractivity contribution >= 4 is 17.3 Å². The van der Waals surface area contributed by atoms with Crippen LogP contribution in [0.2, 0.25) is 0 Å². The standard InChI is InChI=1S/C26H29N3O2/c1-20-8-10-22(11-9-20)27-26(30)25(21-6-4-3-5-7-21)29-18-16-28(17-19-29)23-12-14-24(31-2)15-13-23/h3-15,25H,16-19H2,1-2H3,(H,27,30). The summed E-state index contributed by atoms with van der Waals surface area (Å²) in [5.41, 5.74) is 4.20. The predicted molar refractivity (Wildman–Crippen MR) is 126 cm³/mol. The molecule has 0 bridgehead atoms. The van der Waals surface area contributed by atoms with Crippen LogP contribution in [0.4, 0.5) is 11.4 Å². The zero-order valence-electron chi connectivity index (χ0n) is 18.1. The first-order valence-electron chi connectivity index (χ1n) is 10.7. The Morgan fingerprint density at radius 2 is 1.52 bits per heavy atom. The minimum atomic E-state index is -0.319. The second-order valence-corrected chi connectivity index (χ2v) is 7.89. The summed E-state index contributed by atoms with van der Waals surface area (Å²) in [6.07, 6.45) is 0. The molecule has 0 radical (unpaired) electrons. The number of carbonyl (C=O) groups excluding carboxylic acids is 1. The van der Waals surface area contributed by atoms with Crippen molar-refractivity contribution in [2.45, 2.75) is 13.0 Å². The number of amides is 1. The molecular weight excluding hydrogens is 386 g/mol. The van der Waals surface area contributed by atoms with Gasteiger partial charge in [0.15, 0.2) is 0 Å². The highest BCUT2D eigenvalue weighted by atomic mass is 16.5. The van der Waals surface area contributed by atoms with E-state index in [1.54, 1.807) is 7.11 Å². The third-order valence-electron chi connectivity index (χ3n) is 5.80. The van der Waals surface area contributed by atoms with Crippen LogP contribution in [0.25, 0.3) is 0 Å². The molecule has 31 heavy (non-hydrogen) atoms. The second-order valence-electron chi connectivity index (χ2n) is 7.89. The Kier molecular flexibility index (Phi) is 6.53. The highest BCUT2D eigenvalue weighted by Crippen LogP contribution is 2.27. The quantitative estimate of drug-likeness (QED) is 0.644. The Morgan fingerprint density at radius 3 is 2.13 bits per heavy atom. The van der Waals surface area contributed by atoms with Crippen LogP contribution in [0.1, 0.15) is 17.2 Å². The minimum absolute atomic E-state index is 0.00736. The summed E-state index contributed by atoms with van der Waals surface area (Å²) in [6.45, 7) is 5.40. The zero-order valence-corrected chi connectivity index (χ0v) is 18.1. The molecule has 0 aromatic heterocycles. The molecule has 5 heteroatoms. The molecule has 1 fully saturated rings. The summed E-state index contributed by atoms with van der Waals surface area (Å²) in [7, 11) is 1.68. The molecule has 1 amide bonds. The zero-order chi connectivity index (χ0) is 21.6. The minimum Gasteiger partial charge on any atom is -0.497 e. The van der Waals surface area contributed by atoms with Gasteiger partial charge in [-0.1, -0.05) is 48.0 Å². The molecule has 1 aliphatic rings. The summed E-state index contributed by atoms with van der Waals surface area (Å²) in [4.78, 5) is 18.0. The molecule has 3 aromatic rings. The first-order chi connectivity index (χ1) is 15.1.